The fraction of sp³-hybridized carbons (Fsp3) is 1.00. The van der Waals surface area contributed by atoms with Gasteiger partial charge in [0.15, 0.2) is 0 Å². The number of morpholine rings is 1. The predicted octanol–water partition coefficient (Wildman–Crippen LogP) is 2.51. The van der Waals surface area contributed by atoms with Crippen molar-refractivity contribution in [2.45, 2.75) is 71.8 Å². The summed E-state index contributed by atoms with van der Waals surface area (Å²) < 4.78 is 5.90. The Balaban J connectivity index is 2.09. The highest BCUT2D eigenvalue weighted by Gasteiger charge is 2.39. The number of hydrogen-bond acceptors (Lipinski definition) is 3. The van der Waals surface area contributed by atoms with Crippen LogP contribution in [-0.2, 0) is 4.74 Å². The first-order valence-electron chi connectivity index (χ1n) is 8.14. The van der Waals surface area contributed by atoms with Crippen molar-refractivity contribution >= 4 is 0 Å². The summed E-state index contributed by atoms with van der Waals surface area (Å²) in [5.41, 5.74) is 0. The lowest BCUT2D eigenvalue weighted by atomic mass is 9.75. The molecule has 2 fully saturated rings. The molecule has 0 amide bonds. The van der Waals surface area contributed by atoms with Gasteiger partial charge in [0.1, 0.15) is 0 Å². The molecule has 0 bridgehead atoms. The monoisotopic (exact) mass is 268 g/mol. The van der Waals surface area contributed by atoms with Crippen molar-refractivity contribution in [2.75, 3.05) is 19.6 Å². The summed E-state index contributed by atoms with van der Waals surface area (Å²) in [5.74, 6) is 1.64. The minimum absolute atomic E-state index is 0.373. The number of rotatable bonds is 3. The maximum atomic E-state index is 5.90. The maximum absolute atomic E-state index is 5.90. The molecule has 1 heterocycles. The Morgan fingerprint density at radius 3 is 2.26 bits per heavy atom. The third-order valence-electron chi connectivity index (χ3n) is 4.76. The van der Waals surface area contributed by atoms with Gasteiger partial charge in [-0.3, -0.25) is 4.90 Å². The molecule has 6 unspecified atom stereocenters. The van der Waals surface area contributed by atoms with Gasteiger partial charge in [-0.2, -0.15) is 0 Å². The highest BCUT2D eigenvalue weighted by Crippen LogP contribution is 2.33. The van der Waals surface area contributed by atoms with Gasteiger partial charge in [-0.15, -0.1) is 0 Å². The second kappa shape index (κ2) is 6.55. The lowest BCUT2D eigenvalue weighted by molar-refractivity contribution is -0.0970. The van der Waals surface area contributed by atoms with Crippen molar-refractivity contribution in [3.05, 3.63) is 0 Å². The SMILES string of the molecule is CCNC1CC(C)CC(C)C1N1CC(C)OC(C)C1. The van der Waals surface area contributed by atoms with E-state index < -0.39 is 0 Å². The van der Waals surface area contributed by atoms with Crippen LogP contribution in [0.3, 0.4) is 0 Å². The second-order valence-corrected chi connectivity index (χ2v) is 6.92. The Kier molecular flexibility index (Phi) is 5.27. The summed E-state index contributed by atoms with van der Waals surface area (Å²) in [6, 6.07) is 1.34. The third-order valence-corrected chi connectivity index (χ3v) is 4.76. The molecule has 0 radical (unpaired) electrons. The first-order valence-corrected chi connectivity index (χ1v) is 8.14. The highest BCUT2D eigenvalue weighted by molar-refractivity contribution is 4.95. The molecule has 2 aliphatic rings. The summed E-state index contributed by atoms with van der Waals surface area (Å²) in [4.78, 5) is 2.70. The molecule has 0 aromatic heterocycles. The Hall–Kier alpha value is -0.120. The Morgan fingerprint density at radius 1 is 1.05 bits per heavy atom. The van der Waals surface area contributed by atoms with E-state index in [1.54, 1.807) is 0 Å². The quantitative estimate of drug-likeness (QED) is 0.851. The molecule has 0 aromatic carbocycles. The number of ether oxygens (including phenoxy) is 1. The van der Waals surface area contributed by atoms with Crippen molar-refractivity contribution < 1.29 is 4.74 Å². The molecule has 2 rings (SSSR count). The number of likely N-dealkylation sites (N-methyl/N-ethyl adjacent to an activating group) is 1. The number of nitrogens with zero attached hydrogens (tertiary/aromatic N) is 1. The van der Waals surface area contributed by atoms with Crippen molar-refractivity contribution in [1.82, 2.24) is 10.2 Å². The van der Waals surface area contributed by atoms with Gasteiger partial charge in [0.2, 0.25) is 0 Å². The van der Waals surface area contributed by atoms with Crippen molar-refractivity contribution in [3.63, 3.8) is 0 Å². The van der Waals surface area contributed by atoms with Gasteiger partial charge in [-0.05, 0) is 45.1 Å². The van der Waals surface area contributed by atoms with E-state index in [-0.39, 0.29) is 0 Å². The fourth-order valence-corrected chi connectivity index (χ4v) is 4.38. The Labute approximate surface area is 119 Å². The molecule has 1 saturated heterocycles. The normalized spacial score (nSPS) is 45.3. The average molecular weight is 268 g/mol. The van der Waals surface area contributed by atoms with E-state index in [0.717, 1.165) is 31.5 Å². The first kappa shape index (κ1) is 15.3. The van der Waals surface area contributed by atoms with E-state index in [9.17, 15) is 0 Å². The van der Waals surface area contributed by atoms with Gasteiger partial charge in [0, 0.05) is 25.2 Å². The van der Waals surface area contributed by atoms with E-state index in [1.807, 2.05) is 0 Å². The van der Waals surface area contributed by atoms with Gasteiger partial charge < -0.3 is 10.1 Å². The molecular weight excluding hydrogens is 236 g/mol. The zero-order chi connectivity index (χ0) is 14.0. The van der Waals surface area contributed by atoms with Crippen LogP contribution < -0.4 is 5.32 Å². The van der Waals surface area contributed by atoms with E-state index in [2.05, 4.69) is 44.8 Å². The lowest BCUT2D eigenvalue weighted by Crippen LogP contribution is -2.61. The van der Waals surface area contributed by atoms with E-state index in [4.69, 9.17) is 4.74 Å². The van der Waals surface area contributed by atoms with Crippen LogP contribution in [0.5, 0.6) is 0 Å². The van der Waals surface area contributed by atoms with Gasteiger partial charge in [-0.25, -0.2) is 0 Å². The zero-order valence-corrected chi connectivity index (χ0v) is 13.4. The second-order valence-electron chi connectivity index (χ2n) is 6.92. The average Bonchev–Trinajstić information content (AvgIpc) is 2.26. The van der Waals surface area contributed by atoms with Crippen LogP contribution in [0.4, 0.5) is 0 Å². The predicted molar refractivity (Wildman–Crippen MR) is 80.4 cm³/mol. The molecule has 1 N–H and O–H groups in total. The van der Waals surface area contributed by atoms with Crippen LogP contribution in [0, 0.1) is 11.8 Å². The molecule has 1 aliphatic heterocycles. The van der Waals surface area contributed by atoms with Gasteiger partial charge in [0.25, 0.3) is 0 Å². The van der Waals surface area contributed by atoms with Crippen LogP contribution in [0.15, 0.2) is 0 Å². The van der Waals surface area contributed by atoms with E-state index in [0.29, 0.717) is 24.3 Å². The Morgan fingerprint density at radius 2 is 1.68 bits per heavy atom. The maximum Gasteiger partial charge on any atom is 0.0678 e. The molecule has 112 valence electrons. The minimum Gasteiger partial charge on any atom is -0.373 e. The van der Waals surface area contributed by atoms with Crippen molar-refractivity contribution in [2.24, 2.45) is 11.8 Å². The minimum atomic E-state index is 0.373. The zero-order valence-electron chi connectivity index (χ0n) is 13.4. The summed E-state index contributed by atoms with van der Waals surface area (Å²) in [6.45, 7) is 14.8. The molecule has 3 nitrogen and oxygen atoms in total. The highest BCUT2D eigenvalue weighted by atomic mass is 16.5. The summed E-state index contributed by atoms with van der Waals surface area (Å²) in [7, 11) is 0. The third kappa shape index (κ3) is 3.71. The van der Waals surface area contributed by atoms with Crippen LogP contribution in [0.1, 0.15) is 47.5 Å². The van der Waals surface area contributed by atoms with E-state index in [1.165, 1.54) is 12.8 Å². The van der Waals surface area contributed by atoms with Gasteiger partial charge >= 0.3 is 0 Å². The molecule has 1 saturated carbocycles. The summed E-state index contributed by atoms with van der Waals surface area (Å²) >= 11 is 0. The topological polar surface area (TPSA) is 24.5 Å². The molecule has 3 heteroatoms. The van der Waals surface area contributed by atoms with Crippen molar-refractivity contribution in [1.29, 1.82) is 0 Å². The molecule has 6 atom stereocenters. The van der Waals surface area contributed by atoms with Gasteiger partial charge in [0.05, 0.1) is 12.2 Å². The number of hydrogen-bond donors (Lipinski definition) is 1. The fourth-order valence-electron chi connectivity index (χ4n) is 4.38. The smallest absolute Gasteiger partial charge is 0.0678 e. The Bertz CT molecular complexity index is 274. The molecule has 19 heavy (non-hydrogen) atoms. The molecule has 1 aliphatic carbocycles. The lowest BCUT2D eigenvalue weighted by Gasteiger charge is -2.49. The summed E-state index contributed by atoms with van der Waals surface area (Å²) in [6.07, 6.45) is 3.44. The van der Waals surface area contributed by atoms with Crippen LogP contribution in [0.25, 0.3) is 0 Å². The van der Waals surface area contributed by atoms with E-state index >= 15 is 0 Å². The standard InChI is InChI=1S/C16H32N2O/c1-6-17-15-8-11(2)7-12(3)16(15)18-9-13(4)19-14(5)10-18/h11-17H,6-10H2,1-5H3. The molecular formula is C16H32N2O. The van der Waals surface area contributed by atoms with Gasteiger partial charge in [-0.1, -0.05) is 20.8 Å². The molecule has 0 spiro atoms. The van der Waals surface area contributed by atoms with Crippen LogP contribution in [0.2, 0.25) is 0 Å². The van der Waals surface area contributed by atoms with Crippen molar-refractivity contribution in [3.8, 4) is 0 Å². The van der Waals surface area contributed by atoms with Crippen LogP contribution >= 0.6 is 0 Å². The molecule has 0 aromatic rings. The largest absolute Gasteiger partial charge is 0.373 e. The van der Waals surface area contributed by atoms with Crippen LogP contribution in [-0.4, -0.2) is 48.8 Å². The summed E-state index contributed by atoms with van der Waals surface area (Å²) in [5, 5.41) is 3.74. The first-order chi connectivity index (χ1) is 9.01. The number of nitrogens with one attached hydrogen (secondary N) is 1.